The normalized spacial score (nSPS) is 13.2. The number of hydrogen-bond acceptors (Lipinski definition) is 4. The van der Waals surface area contributed by atoms with Gasteiger partial charge in [-0.3, -0.25) is 13.9 Å². The molecule has 0 aromatic heterocycles. The van der Waals surface area contributed by atoms with Crippen LogP contribution in [0.25, 0.3) is 0 Å². The molecule has 33 heavy (non-hydrogen) atoms. The van der Waals surface area contributed by atoms with Crippen LogP contribution < -0.4 is 9.62 Å². The molecule has 0 spiro atoms. The Morgan fingerprint density at radius 3 is 2.15 bits per heavy atom. The minimum atomic E-state index is -3.79. The highest BCUT2D eigenvalue weighted by atomic mass is 79.9. The first-order valence-corrected chi connectivity index (χ1v) is 13.1. The fraction of sp³-hybridized carbons (Fsp3) is 0.391. The molecule has 1 N–H and O–H groups in total. The van der Waals surface area contributed by atoms with Crippen molar-refractivity contribution in [3.8, 4) is 0 Å². The summed E-state index contributed by atoms with van der Waals surface area (Å²) in [6.45, 7) is 4.91. The first kappa shape index (κ1) is 26.8. The zero-order chi connectivity index (χ0) is 24.8. The third-order valence-corrected chi connectivity index (χ3v) is 6.90. The minimum absolute atomic E-state index is 0.0200. The summed E-state index contributed by atoms with van der Waals surface area (Å²) in [7, 11) is -3.79. The Hall–Kier alpha value is -2.46. The molecule has 0 radical (unpaired) electrons. The van der Waals surface area contributed by atoms with Gasteiger partial charge in [-0.25, -0.2) is 12.8 Å². The summed E-state index contributed by atoms with van der Waals surface area (Å²) in [5.41, 5.74) is 0.940. The van der Waals surface area contributed by atoms with Gasteiger partial charge in [-0.2, -0.15) is 0 Å². The van der Waals surface area contributed by atoms with Gasteiger partial charge in [0.25, 0.3) is 0 Å². The summed E-state index contributed by atoms with van der Waals surface area (Å²) in [6.07, 6.45) is 1.74. The number of sulfonamides is 1. The summed E-state index contributed by atoms with van der Waals surface area (Å²) < 4.78 is 40.1. The van der Waals surface area contributed by atoms with Gasteiger partial charge >= 0.3 is 0 Å². The van der Waals surface area contributed by atoms with Gasteiger partial charge in [0.15, 0.2) is 0 Å². The van der Waals surface area contributed by atoms with Gasteiger partial charge in [0, 0.05) is 17.1 Å². The van der Waals surface area contributed by atoms with Crippen LogP contribution in [0.1, 0.15) is 32.8 Å². The van der Waals surface area contributed by atoms with E-state index in [1.54, 1.807) is 31.2 Å². The Balaban J connectivity index is 2.36. The largest absolute Gasteiger partial charge is 0.352 e. The molecule has 2 atom stereocenters. The predicted octanol–water partition coefficient (Wildman–Crippen LogP) is 3.69. The molecule has 2 aromatic rings. The maximum Gasteiger partial charge on any atom is 0.244 e. The lowest BCUT2D eigenvalue weighted by Gasteiger charge is -2.32. The van der Waals surface area contributed by atoms with Crippen molar-refractivity contribution in [1.82, 2.24) is 10.2 Å². The van der Waals surface area contributed by atoms with E-state index in [9.17, 15) is 22.4 Å². The van der Waals surface area contributed by atoms with Crippen LogP contribution in [0, 0.1) is 5.82 Å². The molecule has 0 aliphatic rings. The summed E-state index contributed by atoms with van der Waals surface area (Å²) in [5.74, 6) is -1.33. The van der Waals surface area contributed by atoms with Crippen molar-refractivity contribution in [3.05, 3.63) is 64.4 Å². The molecule has 7 nitrogen and oxygen atoms in total. The van der Waals surface area contributed by atoms with E-state index in [-0.39, 0.29) is 18.5 Å². The van der Waals surface area contributed by atoms with Crippen molar-refractivity contribution < 1.29 is 22.4 Å². The molecule has 0 fully saturated rings. The molecule has 2 aromatic carbocycles. The molecule has 0 heterocycles. The molecule has 0 unspecified atom stereocenters. The lowest BCUT2D eigenvalue weighted by molar-refractivity contribution is -0.139. The van der Waals surface area contributed by atoms with Crippen LogP contribution >= 0.6 is 15.9 Å². The standard InChI is InChI=1S/C23H29BrFN3O4S/c1-5-16(2)26-23(30)17(3)27(14-18-6-10-20(25)11-7-18)22(29)15-28(33(4,31)32)21-12-8-19(24)9-13-21/h6-13,16-17H,5,14-15H2,1-4H3,(H,26,30)/t16-,17+/m1/s1. The molecular formula is C23H29BrFN3O4S. The number of nitrogens with one attached hydrogen (secondary N) is 1. The van der Waals surface area contributed by atoms with E-state index >= 15 is 0 Å². The Morgan fingerprint density at radius 2 is 1.64 bits per heavy atom. The van der Waals surface area contributed by atoms with Gasteiger partial charge in [-0.05, 0) is 62.2 Å². The monoisotopic (exact) mass is 541 g/mol. The highest BCUT2D eigenvalue weighted by molar-refractivity contribution is 9.10. The SMILES string of the molecule is CC[C@@H](C)NC(=O)[C@H](C)N(Cc1ccc(F)cc1)C(=O)CN(c1ccc(Br)cc1)S(C)(=O)=O. The average Bonchev–Trinajstić information content (AvgIpc) is 2.76. The quantitative estimate of drug-likeness (QED) is 0.497. The van der Waals surface area contributed by atoms with Crippen LogP contribution in [0.5, 0.6) is 0 Å². The van der Waals surface area contributed by atoms with Gasteiger partial charge in [-0.1, -0.05) is 35.0 Å². The molecule has 2 rings (SSSR count). The number of hydrogen-bond donors (Lipinski definition) is 1. The van der Waals surface area contributed by atoms with Crippen molar-refractivity contribution in [2.45, 2.75) is 45.8 Å². The lowest BCUT2D eigenvalue weighted by atomic mass is 10.1. The smallest absolute Gasteiger partial charge is 0.244 e. The van der Waals surface area contributed by atoms with Crippen molar-refractivity contribution in [3.63, 3.8) is 0 Å². The lowest BCUT2D eigenvalue weighted by Crippen LogP contribution is -2.52. The summed E-state index contributed by atoms with van der Waals surface area (Å²) in [5, 5.41) is 2.85. The summed E-state index contributed by atoms with van der Waals surface area (Å²) in [4.78, 5) is 27.5. The fourth-order valence-corrected chi connectivity index (χ4v) is 4.17. The number of amides is 2. The number of nitrogens with zero attached hydrogens (tertiary/aromatic N) is 2. The van der Waals surface area contributed by atoms with Crippen LogP contribution in [0.15, 0.2) is 53.0 Å². The van der Waals surface area contributed by atoms with Crippen LogP contribution in [0.4, 0.5) is 10.1 Å². The number of rotatable bonds is 10. The highest BCUT2D eigenvalue weighted by Crippen LogP contribution is 2.21. The molecular weight excluding hydrogens is 513 g/mol. The molecule has 0 aliphatic heterocycles. The highest BCUT2D eigenvalue weighted by Gasteiger charge is 2.30. The fourth-order valence-electron chi connectivity index (χ4n) is 3.06. The van der Waals surface area contributed by atoms with Gasteiger partial charge in [0.1, 0.15) is 18.4 Å². The van der Waals surface area contributed by atoms with E-state index in [2.05, 4.69) is 21.2 Å². The molecule has 180 valence electrons. The molecule has 2 amide bonds. The van der Waals surface area contributed by atoms with Crippen molar-refractivity contribution in [2.24, 2.45) is 0 Å². The van der Waals surface area contributed by atoms with Gasteiger partial charge in [0.2, 0.25) is 21.8 Å². The Bertz CT molecular complexity index is 1060. The number of carbonyl (C=O) groups excluding carboxylic acids is 2. The first-order chi connectivity index (χ1) is 15.4. The van der Waals surface area contributed by atoms with Crippen LogP contribution in [0.3, 0.4) is 0 Å². The summed E-state index contributed by atoms with van der Waals surface area (Å²) >= 11 is 3.31. The molecule has 0 aliphatic carbocycles. The second-order valence-corrected chi connectivity index (χ2v) is 10.7. The zero-order valence-electron chi connectivity index (χ0n) is 19.1. The van der Waals surface area contributed by atoms with E-state index < -0.39 is 34.3 Å². The predicted molar refractivity (Wildman–Crippen MR) is 131 cm³/mol. The summed E-state index contributed by atoms with van der Waals surface area (Å²) in [6, 6.07) is 11.2. The topological polar surface area (TPSA) is 86.8 Å². The van der Waals surface area contributed by atoms with E-state index in [0.29, 0.717) is 11.3 Å². The molecule has 10 heteroatoms. The Labute approximate surface area is 203 Å². The van der Waals surface area contributed by atoms with Crippen LogP contribution in [0.2, 0.25) is 0 Å². The average molecular weight is 542 g/mol. The van der Waals surface area contributed by atoms with E-state index in [0.717, 1.165) is 21.5 Å². The Morgan fingerprint density at radius 1 is 1.06 bits per heavy atom. The molecule has 0 saturated heterocycles. The van der Waals surface area contributed by atoms with E-state index in [4.69, 9.17) is 0 Å². The maximum absolute atomic E-state index is 13.4. The maximum atomic E-state index is 13.4. The van der Waals surface area contributed by atoms with E-state index in [1.165, 1.54) is 29.2 Å². The second-order valence-electron chi connectivity index (χ2n) is 7.89. The van der Waals surface area contributed by atoms with E-state index in [1.807, 2.05) is 13.8 Å². The number of carbonyl (C=O) groups is 2. The van der Waals surface area contributed by atoms with Crippen molar-refractivity contribution in [1.29, 1.82) is 0 Å². The number of benzene rings is 2. The van der Waals surface area contributed by atoms with Gasteiger partial charge in [0.05, 0.1) is 11.9 Å². The third-order valence-electron chi connectivity index (χ3n) is 5.23. The Kier molecular flexibility index (Phi) is 9.42. The number of halogens is 2. The van der Waals surface area contributed by atoms with Crippen molar-refractivity contribution in [2.75, 3.05) is 17.1 Å². The first-order valence-electron chi connectivity index (χ1n) is 10.5. The van der Waals surface area contributed by atoms with Gasteiger partial charge < -0.3 is 10.2 Å². The number of anilines is 1. The van der Waals surface area contributed by atoms with Crippen LogP contribution in [-0.4, -0.2) is 50.0 Å². The second kappa shape index (κ2) is 11.6. The van der Waals surface area contributed by atoms with Crippen LogP contribution in [-0.2, 0) is 26.2 Å². The van der Waals surface area contributed by atoms with Crippen molar-refractivity contribution >= 4 is 43.5 Å². The molecule has 0 saturated carbocycles. The van der Waals surface area contributed by atoms with Gasteiger partial charge in [-0.15, -0.1) is 0 Å². The minimum Gasteiger partial charge on any atom is -0.352 e. The zero-order valence-corrected chi connectivity index (χ0v) is 21.5. The third kappa shape index (κ3) is 7.82. The molecule has 0 bridgehead atoms.